The molecule has 0 atom stereocenters. The molecule has 4 heterocycles. The van der Waals surface area contributed by atoms with E-state index in [1.54, 1.807) is 0 Å². The molecule has 1 aliphatic rings. The van der Waals surface area contributed by atoms with E-state index in [2.05, 4.69) is 261 Å². The van der Waals surface area contributed by atoms with Gasteiger partial charge in [-0.15, -0.1) is 0 Å². The number of hydrogen-bond acceptors (Lipinski definition) is 2. The zero-order valence-corrected chi connectivity index (χ0v) is 42.0. The predicted molar refractivity (Wildman–Crippen MR) is 321 cm³/mol. The van der Waals surface area contributed by atoms with Crippen molar-refractivity contribution < 1.29 is 0 Å². The second-order valence-corrected chi connectivity index (χ2v) is 20.8. The average Bonchev–Trinajstić information content (AvgIpc) is 4.39. The fourth-order valence-electron chi connectivity index (χ4n) is 14.0. The number of aryl methyl sites for hydroxylation is 1. The highest BCUT2D eigenvalue weighted by molar-refractivity contribution is 6.25. The molecule has 16 aromatic rings. The van der Waals surface area contributed by atoms with Gasteiger partial charge in [-0.3, -0.25) is 0 Å². The fraction of sp³-hybridized carbons (Fsp3) is 0.0278. The van der Waals surface area contributed by atoms with E-state index < -0.39 is 0 Å². The van der Waals surface area contributed by atoms with E-state index in [9.17, 15) is 10.5 Å². The number of benzene rings is 12. The third-order valence-electron chi connectivity index (χ3n) is 17.1. The summed E-state index contributed by atoms with van der Waals surface area (Å²) in [5, 5.41) is 40.1. The first kappa shape index (κ1) is 42.7. The van der Waals surface area contributed by atoms with Crippen molar-refractivity contribution in [1.82, 2.24) is 18.3 Å². The molecule has 0 N–H and O–H groups in total. The second kappa shape index (κ2) is 15.9. The first-order valence-corrected chi connectivity index (χ1v) is 26.7. The monoisotopic (exact) mass is 990 g/mol. The lowest BCUT2D eigenvalue weighted by atomic mass is 9.88. The van der Waals surface area contributed by atoms with Crippen molar-refractivity contribution in [2.75, 3.05) is 0 Å². The minimum Gasteiger partial charge on any atom is -0.310 e. The van der Waals surface area contributed by atoms with E-state index in [0.717, 1.165) is 133 Å². The van der Waals surface area contributed by atoms with Gasteiger partial charge in [-0.2, -0.15) is 10.5 Å². The predicted octanol–water partition coefficient (Wildman–Crippen LogP) is 17.9. The molecule has 0 saturated heterocycles. The summed E-state index contributed by atoms with van der Waals surface area (Å²) < 4.78 is 9.32. The van der Waals surface area contributed by atoms with Gasteiger partial charge in [0.05, 0.1) is 61.4 Å². The van der Waals surface area contributed by atoms with Crippen molar-refractivity contribution in [2.24, 2.45) is 0 Å². The van der Waals surface area contributed by atoms with E-state index in [1.807, 2.05) is 0 Å². The maximum absolute atomic E-state index is 12.9. The largest absolute Gasteiger partial charge is 0.310 e. The van der Waals surface area contributed by atoms with Crippen LogP contribution in [0.2, 0.25) is 0 Å². The lowest BCUT2D eigenvalue weighted by Gasteiger charge is -2.28. The van der Waals surface area contributed by atoms with Crippen molar-refractivity contribution in [1.29, 1.82) is 10.5 Å². The number of rotatable bonds is 4. The molecule has 4 aromatic heterocycles. The van der Waals surface area contributed by atoms with Crippen LogP contribution < -0.4 is 0 Å². The minimum absolute atomic E-state index is 0.445. The maximum atomic E-state index is 12.9. The minimum atomic E-state index is 0.445. The van der Waals surface area contributed by atoms with Crippen LogP contribution in [0.5, 0.6) is 0 Å². The number of fused-ring (bicyclic) bond motifs is 20. The average molecular weight is 991 g/mol. The Kier molecular flexibility index (Phi) is 8.71. The number of aromatic nitrogens is 4. The molecule has 0 saturated carbocycles. The van der Waals surface area contributed by atoms with Gasteiger partial charge in [0.1, 0.15) is 23.3 Å². The second-order valence-electron chi connectivity index (χ2n) is 20.8. The van der Waals surface area contributed by atoms with Crippen LogP contribution in [-0.2, 0) is 12.8 Å². The molecule has 6 nitrogen and oxygen atoms in total. The summed E-state index contributed by atoms with van der Waals surface area (Å²) in [5.41, 5.74) is 14.9. The quantitative estimate of drug-likeness (QED) is 0.176. The lowest BCUT2D eigenvalue weighted by Crippen LogP contribution is -2.18. The van der Waals surface area contributed by atoms with Gasteiger partial charge >= 0.3 is 0 Å². The normalized spacial score (nSPS) is 12.5. The van der Waals surface area contributed by atoms with Crippen molar-refractivity contribution in [3.8, 4) is 46.0 Å². The summed E-state index contributed by atoms with van der Waals surface area (Å²) >= 11 is 0. The highest BCUT2D eigenvalue weighted by atomic mass is 15.1. The number of nitrogens with zero attached hydrogens (tertiary/aromatic N) is 6. The van der Waals surface area contributed by atoms with Gasteiger partial charge in [0.2, 0.25) is 0 Å². The summed E-state index contributed by atoms with van der Waals surface area (Å²) in [6.07, 6.45) is 1.55. The van der Waals surface area contributed by atoms with E-state index in [4.69, 9.17) is 0 Å². The third kappa shape index (κ3) is 5.52. The smallest absolute Gasteiger partial charge is 0.104 e. The molecule has 6 heteroatoms. The number of nitriles is 2. The Labute approximate surface area is 446 Å². The molecular formula is C72H42N6. The topological polar surface area (TPSA) is 67.3 Å². The van der Waals surface area contributed by atoms with Crippen molar-refractivity contribution >= 4 is 109 Å². The standard InChI is InChI=1S/C72H42N6/c73-41-55-69(75-57-29-13-9-25-51(57)65-47-21-5-1-17-43(47)33-37-61(65)75)70(76-58-30-14-10-26-52(58)66-48-22-6-2-18-44(48)34-38-62(66)76)56(42-74)72(78-60-32-16-12-28-54(60)68-50-24-8-4-20-46(50)36-40-64(68)78)71(55)77-59-31-15-11-27-53(59)67-49-23-7-3-19-45(49)35-39-63(67)77/h1-35,37-39H,36,40H2. The molecule has 78 heavy (non-hydrogen) atoms. The van der Waals surface area contributed by atoms with Crippen LogP contribution in [0.4, 0.5) is 0 Å². The summed E-state index contributed by atoms with van der Waals surface area (Å²) in [6.45, 7) is 0. The summed E-state index contributed by atoms with van der Waals surface area (Å²) in [5.74, 6) is 0. The SMILES string of the molecule is N#Cc1c(-n2c3c(c4ccccc42)-c2ccccc2CC3)c(-n2c3ccccc3c3c4ccccc4ccc32)c(C#N)c(-n2c3ccccc3c3c4ccccc4ccc32)c1-n1c2ccccc2c2c3ccccc3ccc21. The molecule has 0 radical (unpaired) electrons. The van der Waals surface area contributed by atoms with Crippen LogP contribution in [0.15, 0.2) is 231 Å². The van der Waals surface area contributed by atoms with Gasteiger partial charge in [0, 0.05) is 49.0 Å². The molecular weight excluding hydrogens is 949 g/mol. The Morgan fingerprint density at radius 2 is 0.615 bits per heavy atom. The number of hydrogen-bond donors (Lipinski definition) is 0. The van der Waals surface area contributed by atoms with Crippen LogP contribution in [0, 0.1) is 22.7 Å². The molecule has 12 aromatic carbocycles. The summed E-state index contributed by atoms with van der Waals surface area (Å²) in [4.78, 5) is 0. The zero-order valence-electron chi connectivity index (χ0n) is 42.0. The summed E-state index contributed by atoms with van der Waals surface area (Å²) in [7, 11) is 0. The maximum Gasteiger partial charge on any atom is 0.104 e. The number of para-hydroxylation sites is 4. The molecule has 17 rings (SSSR count). The molecule has 1 aliphatic carbocycles. The van der Waals surface area contributed by atoms with Crippen LogP contribution in [0.1, 0.15) is 22.4 Å². The van der Waals surface area contributed by atoms with Gasteiger partial charge < -0.3 is 18.3 Å². The van der Waals surface area contributed by atoms with Crippen molar-refractivity contribution in [2.45, 2.75) is 12.8 Å². The molecule has 0 fully saturated rings. The van der Waals surface area contributed by atoms with Crippen LogP contribution in [0.3, 0.4) is 0 Å². The van der Waals surface area contributed by atoms with Gasteiger partial charge in [0.15, 0.2) is 0 Å². The van der Waals surface area contributed by atoms with Crippen LogP contribution in [-0.4, -0.2) is 18.3 Å². The third-order valence-corrected chi connectivity index (χ3v) is 17.1. The molecule has 0 unspecified atom stereocenters. The molecule has 0 spiro atoms. The van der Waals surface area contributed by atoms with Crippen molar-refractivity contribution in [3.05, 3.63) is 253 Å². The summed E-state index contributed by atoms with van der Waals surface area (Å²) in [6, 6.07) is 88.2. The van der Waals surface area contributed by atoms with Gasteiger partial charge in [0.25, 0.3) is 0 Å². The first-order valence-electron chi connectivity index (χ1n) is 26.7. The highest BCUT2D eigenvalue weighted by Gasteiger charge is 2.36. The first-order chi connectivity index (χ1) is 38.7. The van der Waals surface area contributed by atoms with Crippen molar-refractivity contribution in [3.63, 3.8) is 0 Å². The van der Waals surface area contributed by atoms with Crippen LogP contribution >= 0.6 is 0 Å². The van der Waals surface area contributed by atoms with E-state index in [1.165, 1.54) is 11.1 Å². The Morgan fingerprint density at radius 3 is 1.04 bits per heavy atom. The van der Waals surface area contributed by atoms with E-state index in [0.29, 0.717) is 33.9 Å². The highest BCUT2D eigenvalue weighted by Crippen LogP contribution is 2.51. The molecule has 0 amide bonds. The lowest BCUT2D eigenvalue weighted by molar-refractivity contribution is 0.858. The Balaban J connectivity index is 1.19. The Bertz CT molecular complexity index is 5430. The molecule has 360 valence electrons. The molecule has 0 aliphatic heterocycles. The van der Waals surface area contributed by atoms with E-state index in [-0.39, 0.29) is 0 Å². The zero-order chi connectivity index (χ0) is 51.3. The van der Waals surface area contributed by atoms with E-state index >= 15 is 0 Å². The fourth-order valence-corrected chi connectivity index (χ4v) is 14.0. The van der Waals surface area contributed by atoms with Gasteiger partial charge in [-0.1, -0.05) is 188 Å². The van der Waals surface area contributed by atoms with Gasteiger partial charge in [-0.25, -0.2) is 0 Å². The molecule has 0 bridgehead atoms. The Hall–Kier alpha value is -10.7. The van der Waals surface area contributed by atoms with Gasteiger partial charge in [-0.05, 0) is 98.8 Å². The van der Waals surface area contributed by atoms with Crippen LogP contribution in [0.25, 0.3) is 143 Å². The Morgan fingerprint density at radius 1 is 0.282 bits per heavy atom.